The predicted octanol–water partition coefficient (Wildman–Crippen LogP) is 3.57. The van der Waals surface area contributed by atoms with Crippen LogP contribution in [0.3, 0.4) is 0 Å². The highest BCUT2D eigenvalue weighted by atomic mass is 32.2. The first-order valence-electron chi connectivity index (χ1n) is 17.3. The van der Waals surface area contributed by atoms with Crippen LogP contribution in [0.1, 0.15) is 63.7 Å². The molecule has 270 valence electrons. The summed E-state index contributed by atoms with van der Waals surface area (Å²) < 4.78 is 55.2. The van der Waals surface area contributed by atoms with E-state index in [1.807, 2.05) is 20.8 Å². The van der Waals surface area contributed by atoms with Crippen molar-refractivity contribution in [2.45, 2.75) is 76.8 Å². The molecule has 0 bridgehead atoms. The van der Waals surface area contributed by atoms with Crippen LogP contribution in [0.2, 0.25) is 0 Å². The molecule has 1 unspecified atom stereocenters. The average molecular weight is 712 g/mol. The van der Waals surface area contributed by atoms with Gasteiger partial charge in [0.05, 0.1) is 24.5 Å². The van der Waals surface area contributed by atoms with Gasteiger partial charge in [-0.3, -0.25) is 9.59 Å². The highest BCUT2D eigenvalue weighted by Gasteiger charge is 2.46. The lowest BCUT2D eigenvalue weighted by molar-refractivity contribution is -0.113. The summed E-state index contributed by atoms with van der Waals surface area (Å²) in [6.45, 7) is 12.4. The molecule has 4 aliphatic heterocycles. The number of aromatic nitrogens is 2. The van der Waals surface area contributed by atoms with Crippen LogP contribution in [-0.2, 0) is 19.6 Å². The van der Waals surface area contributed by atoms with Crippen molar-refractivity contribution >= 4 is 33.4 Å². The molecule has 2 aromatic rings. The molecule has 1 aromatic carbocycles. The number of aliphatic imine (C=N–C) groups is 1. The molecule has 2 amide bonds. The van der Waals surface area contributed by atoms with Crippen LogP contribution < -0.4 is 14.4 Å². The lowest BCUT2D eigenvalue weighted by atomic mass is 9.72. The van der Waals surface area contributed by atoms with Gasteiger partial charge in [0.1, 0.15) is 23.1 Å². The van der Waals surface area contributed by atoms with E-state index in [9.17, 15) is 22.4 Å². The van der Waals surface area contributed by atoms with Crippen molar-refractivity contribution in [1.82, 2.24) is 24.5 Å². The molecule has 6 rings (SSSR count). The Hall–Kier alpha value is -3.79. The topological polar surface area (TPSA) is 147 Å². The van der Waals surface area contributed by atoms with Crippen molar-refractivity contribution in [2.75, 3.05) is 50.8 Å². The number of halogens is 1. The molecule has 0 saturated carbocycles. The Morgan fingerprint density at radius 2 is 1.96 bits per heavy atom. The molecule has 50 heavy (non-hydrogen) atoms. The quantitative estimate of drug-likeness (QED) is 0.367. The summed E-state index contributed by atoms with van der Waals surface area (Å²) in [5, 5.41) is -0.950. The van der Waals surface area contributed by atoms with E-state index in [0.29, 0.717) is 31.1 Å². The van der Waals surface area contributed by atoms with E-state index >= 15 is 0 Å². The normalized spacial score (nSPS) is 23.9. The van der Waals surface area contributed by atoms with Gasteiger partial charge in [0.2, 0.25) is 10.0 Å². The highest BCUT2D eigenvalue weighted by molar-refractivity contribution is 7.91. The van der Waals surface area contributed by atoms with E-state index in [2.05, 4.69) is 29.5 Å². The van der Waals surface area contributed by atoms with Crippen molar-refractivity contribution in [2.24, 2.45) is 10.4 Å². The smallest absolute Gasteiger partial charge is 0.269 e. The number of likely N-dealkylation sites (tertiary alicyclic amines) is 1. The number of anilines is 1. The molecular formula is C35H46FN7O6S. The van der Waals surface area contributed by atoms with Crippen LogP contribution in [0.4, 0.5) is 10.2 Å². The van der Waals surface area contributed by atoms with Crippen molar-refractivity contribution in [3.63, 3.8) is 0 Å². The number of nitrogens with one attached hydrogen (secondary N) is 1. The van der Waals surface area contributed by atoms with Gasteiger partial charge in [-0.2, -0.15) is 0 Å². The molecule has 1 N–H and O–H groups in total. The van der Waals surface area contributed by atoms with Crippen molar-refractivity contribution in [3.05, 3.63) is 54.3 Å². The Bertz CT molecular complexity index is 1750. The minimum atomic E-state index is -3.73. The van der Waals surface area contributed by atoms with Gasteiger partial charge in [-0.1, -0.05) is 6.08 Å². The zero-order valence-corrected chi connectivity index (χ0v) is 29.9. The Kier molecular flexibility index (Phi) is 10.7. The van der Waals surface area contributed by atoms with Gasteiger partial charge in [0.15, 0.2) is 11.6 Å². The van der Waals surface area contributed by atoms with Crippen LogP contribution >= 0.6 is 0 Å². The van der Waals surface area contributed by atoms with E-state index in [-0.39, 0.29) is 46.5 Å². The SMILES string of the molecule is CCN(C(=O)c1cc(F)ccc1Oc1cncnc1N1CC2(CCN(C[C@@H]3CC[C@@H](NS(=O)(=O)C4C=CC(=O)N=C4C)CO3)CC2)C1)C(C)C. The number of hydrogen-bond donors (Lipinski definition) is 1. The Morgan fingerprint density at radius 3 is 2.62 bits per heavy atom. The zero-order valence-electron chi connectivity index (χ0n) is 29.0. The molecule has 13 nitrogen and oxygen atoms in total. The van der Waals surface area contributed by atoms with Crippen molar-refractivity contribution in [3.8, 4) is 11.5 Å². The maximum atomic E-state index is 14.3. The second-order valence-corrected chi connectivity index (χ2v) is 15.9. The van der Waals surface area contributed by atoms with E-state index < -0.39 is 27.0 Å². The van der Waals surface area contributed by atoms with Crippen LogP contribution in [0.15, 0.2) is 47.9 Å². The van der Waals surface area contributed by atoms with Gasteiger partial charge in [0.25, 0.3) is 11.8 Å². The fourth-order valence-electron chi connectivity index (χ4n) is 7.38. The maximum absolute atomic E-state index is 14.3. The molecular weight excluding hydrogens is 665 g/mol. The summed E-state index contributed by atoms with van der Waals surface area (Å²) in [5.74, 6) is 0.0538. The standard InChI is InChI=1S/C35H46FN7O6S/c1-5-43(23(2)3)34(45)28-16-25(36)6-9-29(28)49-30-17-37-22-38-33(30)42-20-35(21-42)12-14-41(15-13-35)18-27-8-7-26(19-48-27)40-50(46,47)31-10-11-32(44)39-24(31)4/h6,9-11,16-17,22-23,26-27,31,40H,5,7-8,12-15,18-21H2,1-4H3/t26-,27+,31?/m1/s1. The fraction of sp³-hybridized carbons (Fsp3) is 0.571. The third kappa shape index (κ3) is 7.90. The lowest BCUT2D eigenvalue weighted by Crippen LogP contribution is -2.61. The number of rotatable bonds is 11. The summed E-state index contributed by atoms with van der Waals surface area (Å²) in [7, 11) is -3.73. The molecule has 3 atom stereocenters. The van der Waals surface area contributed by atoms with Gasteiger partial charge in [-0.05, 0) is 84.7 Å². The zero-order chi connectivity index (χ0) is 35.6. The van der Waals surface area contributed by atoms with Crippen LogP contribution in [0, 0.1) is 11.2 Å². The van der Waals surface area contributed by atoms with E-state index in [1.165, 1.54) is 36.7 Å². The third-order valence-corrected chi connectivity index (χ3v) is 12.0. The van der Waals surface area contributed by atoms with E-state index in [4.69, 9.17) is 9.47 Å². The number of ether oxygens (including phenoxy) is 2. The number of dihydropyridines is 1. The number of amides is 2. The van der Waals surface area contributed by atoms with Gasteiger partial charge < -0.3 is 24.2 Å². The number of sulfonamides is 1. The highest BCUT2D eigenvalue weighted by Crippen LogP contribution is 2.45. The molecule has 0 radical (unpaired) electrons. The minimum absolute atomic E-state index is 0.0343. The monoisotopic (exact) mass is 711 g/mol. The second kappa shape index (κ2) is 14.8. The first kappa shape index (κ1) is 36.0. The number of carbonyl (C=O) groups excluding carboxylic acids is 2. The summed E-state index contributed by atoms with van der Waals surface area (Å²) in [5.41, 5.74) is 0.577. The number of nitrogens with zero attached hydrogens (tertiary/aromatic N) is 6. The predicted molar refractivity (Wildman–Crippen MR) is 187 cm³/mol. The number of piperidine rings is 1. The Labute approximate surface area is 293 Å². The fourth-order valence-corrected chi connectivity index (χ4v) is 8.97. The third-order valence-electron chi connectivity index (χ3n) is 10.2. The lowest BCUT2D eigenvalue weighted by Gasteiger charge is -2.54. The summed E-state index contributed by atoms with van der Waals surface area (Å²) in [6, 6.07) is 3.60. The Balaban J connectivity index is 0.992. The molecule has 1 aromatic heterocycles. The van der Waals surface area contributed by atoms with Crippen LogP contribution in [0.5, 0.6) is 11.5 Å². The van der Waals surface area contributed by atoms with Gasteiger partial charge >= 0.3 is 0 Å². The molecule has 15 heteroatoms. The first-order chi connectivity index (χ1) is 23.9. The van der Waals surface area contributed by atoms with Gasteiger partial charge in [-0.15, -0.1) is 0 Å². The van der Waals surface area contributed by atoms with Crippen LogP contribution in [-0.4, -0.2) is 115 Å². The van der Waals surface area contributed by atoms with Gasteiger partial charge in [-0.25, -0.2) is 32.5 Å². The molecule has 3 fully saturated rings. The number of benzene rings is 1. The average Bonchev–Trinajstić information content (AvgIpc) is 3.06. The van der Waals surface area contributed by atoms with E-state index in [1.54, 1.807) is 18.0 Å². The van der Waals surface area contributed by atoms with Crippen LogP contribution in [0.25, 0.3) is 0 Å². The molecule has 3 saturated heterocycles. The van der Waals surface area contributed by atoms with Crippen molar-refractivity contribution in [1.29, 1.82) is 0 Å². The molecule has 5 heterocycles. The molecule has 1 spiro atoms. The van der Waals surface area contributed by atoms with Gasteiger partial charge in [0, 0.05) is 55.5 Å². The second-order valence-electron chi connectivity index (χ2n) is 14.1. The molecule has 4 aliphatic rings. The minimum Gasteiger partial charge on any atom is -0.451 e. The summed E-state index contributed by atoms with van der Waals surface area (Å²) >= 11 is 0. The summed E-state index contributed by atoms with van der Waals surface area (Å²) in [6.07, 6.45) is 9.15. The largest absolute Gasteiger partial charge is 0.451 e. The molecule has 0 aliphatic carbocycles. The first-order valence-corrected chi connectivity index (χ1v) is 18.9. The van der Waals surface area contributed by atoms with E-state index in [0.717, 1.165) is 52.0 Å². The summed E-state index contributed by atoms with van der Waals surface area (Å²) in [4.78, 5) is 43.5. The van der Waals surface area contributed by atoms with Crippen molar-refractivity contribution < 1.29 is 31.9 Å². The number of carbonyl (C=O) groups is 2. The Morgan fingerprint density at radius 1 is 1.20 bits per heavy atom. The number of hydrogen-bond acceptors (Lipinski definition) is 10. The maximum Gasteiger partial charge on any atom is 0.269 e.